The Morgan fingerprint density at radius 1 is 1.12 bits per heavy atom. The van der Waals surface area contributed by atoms with Crippen molar-refractivity contribution in [3.05, 3.63) is 64.1 Å². The van der Waals surface area contributed by atoms with E-state index in [4.69, 9.17) is 0 Å². The normalized spacial score (nSPS) is 12.1. The van der Waals surface area contributed by atoms with E-state index >= 15 is 0 Å². The first-order valence-electron chi connectivity index (χ1n) is 11.4. The Morgan fingerprint density at radius 2 is 1.79 bits per heavy atom. The standard InChI is InChI=1S/C25H34BrN3O4S/c1-5-15-27-25(31)20(3)28(18-21-11-13-22(26)14-12-21)24(30)10-7-16-29(34(4,32)33)23-9-6-8-19(2)17-23/h6,8-9,11-14,17,20H,5,7,10,15-16,18H2,1-4H3,(H,27,31). The maximum Gasteiger partial charge on any atom is 0.242 e. The van der Waals surface area contributed by atoms with Crippen molar-refractivity contribution in [3.63, 3.8) is 0 Å². The van der Waals surface area contributed by atoms with Crippen molar-refractivity contribution in [1.82, 2.24) is 10.2 Å². The van der Waals surface area contributed by atoms with E-state index in [1.165, 1.54) is 4.31 Å². The summed E-state index contributed by atoms with van der Waals surface area (Å²) >= 11 is 3.41. The SMILES string of the molecule is CCCNC(=O)C(C)N(Cc1ccc(Br)cc1)C(=O)CCCN(c1cccc(C)c1)S(C)(=O)=O. The van der Waals surface area contributed by atoms with Crippen LogP contribution in [0.5, 0.6) is 0 Å². The van der Waals surface area contributed by atoms with E-state index in [-0.39, 0.29) is 24.8 Å². The van der Waals surface area contributed by atoms with E-state index in [2.05, 4.69) is 21.2 Å². The summed E-state index contributed by atoms with van der Waals surface area (Å²) in [6.45, 7) is 6.60. The van der Waals surface area contributed by atoms with Gasteiger partial charge in [0.1, 0.15) is 6.04 Å². The molecule has 0 aliphatic rings. The minimum Gasteiger partial charge on any atom is -0.354 e. The Balaban J connectivity index is 2.14. The fraction of sp³-hybridized carbons (Fsp3) is 0.440. The van der Waals surface area contributed by atoms with Gasteiger partial charge in [0.15, 0.2) is 0 Å². The van der Waals surface area contributed by atoms with Crippen molar-refractivity contribution in [2.75, 3.05) is 23.7 Å². The summed E-state index contributed by atoms with van der Waals surface area (Å²) in [4.78, 5) is 27.4. The zero-order valence-electron chi connectivity index (χ0n) is 20.3. The van der Waals surface area contributed by atoms with Gasteiger partial charge in [-0.3, -0.25) is 13.9 Å². The van der Waals surface area contributed by atoms with Gasteiger partial charge in [-0.05, 0) is 62.1 Å². The van der Waals surface area contributed by atoms with Crippen LogP contribution in [0.25, 0.3) is 0 Å². The highest BCUT2D eigenvalue weighted by atomic mass is 79.9. The third-order valence-electron chi connectivity index (χ3n) is 5.42. The predicted octanol–water partition coefficient (Wildman–Crippen LogP) is 4.25. The molecule has 0 radical (unpaired) electrons. The molecule has 0 saturated heterocycles. The van der Waals surface area contributed by atoms with Crippen LogP contribution in [0.15, 0.2) is 53.0 Å². The number of halogens is 1. The minimum absolute atomic E-state index is 0.125. The third-order valence-corrected chi connectivity index (χ3v) is 7.15. The lowest BCUT2D eigenvalue weighted by Gasteiger charge is -2.29. The smallest absolute Gasteiger partial charge is 0.242 e. The Labute approximate surface area is 211 Å². The van der Waals surface area contributed by atoms with E-state index in [0.29, 0.717) is 25.2 Å². The number of sulfonamides is 1. The van der Waals surface area contributed by atoms with Gasteiger partial charge in [-0.15, -0.1) is 0 Å². The number of hydrogen-bond donors (Lipinski definition) is 1. The van der Waals surface area contributed by atoms with Gasteiger partial charge < -0.3 is 10.2 Å². The molecule has 2 aromatic carbocycles. The van der Waals surface area contributed by atoms with Gasteiger partial charge >= 0.3 is 0 Å². The maximum atomic E-state index is 13.2. The second-order valence-electron chi connectivity index (χ2n) is 8.39. The van der Waals surface area contributed by atoms with Crippen LogP contribution in [-0.4, -0.2) is 50.5 Å². The quantitative estimate of drug-likeness (QED) is 0.427. The second-order valence-corrected chi connectivity index (χ2v) is 11.2. The molecule has 1 N–H and O–H groups in total. The molecular weight excluding hydrogens is 518 g/mol. The van der Waals surface area contributed by atoms with Crippen LogP contribution in [0.4, 0.5) is 5.69 Å². The summed E-state index contributed by atoms with van der Waals surface area (Å²) in [6.07, 6.45) is 2.43. The Hall–Kier alpha value is -2.39. The molecule has 2 amide bonds. The highest BCUT2D eigenvalue weighted by Gasteiger charge is 2.26. The highest BCUT2D eigenvalue weighted by molar-refractivity contribution is 9.10. The summed E-state index contributed by atoms with van der Waals surface area (Å²) in [5.74, 6) is -0.399. The summed E-state index contributed by atoms with van der Waals surface area (Å²) < 4.78 is 27.0. The van der Waals surface area contributed by atoms with Gasteiger partial charge in [0.2, 0.25) is 21.8 Å². The number of amides is 2. The molecule has 1 unspecified atom stereocenters. The average Bonchev–Trinajstić information content (AvgIpc) is 2.78. The fourth-order valence-electron chi connectivity index (χ4n) is 3.55. The second kappa shape index (κ2) is 12.9. The number of nitrogens with one attached hydrogen (secondary N) is 1. The van der Waals surface area contributed by atoms with Crippen LogP contribution in [0.1, 0.15) is 44.2 Å². The first-order chi connectivity index (χ1) is 16.0. The summed E-state index contributed by atoms with van der Waals surface area (Å²) in [5.41, 5.74) is 2.44. The molecule has 0 bridgehead atoms. The first kappa shape index (κ1) is 27.9. The van der Waals surface area contributed by atoms with Gasteiger partial charge in [0.05, 0.1) is 11.9 Å². The van der Waals surface area contributed by atoms with E-state index in [0.717, 1.165) is 28.3 Å². The van der Waals surface area contributed by atoms with E-state index in [1.54, 1.807) is 17.9 Å². The van der Waals surface area contributed by atoms with Crippen LogP contribution in [-0.2, 0) is 26.2 Å². The molecule has 0 spiro atoms. The molecule has 0 aliphatic heterocycles. The average molecular weight is 553 g/mol. The molecule has 9 heteroatoms. The van der Waals surface area contributed by atoms with Crippen molar-refractivity contribution in [1.29, 1.82) is 0 Å². The van der Waals surface area contributed by atoms with Crippen molar-refractivity contribution in [2.45, 2.75) is 52.6 Å². The van der Waals surface area contributed by atoms with E-state index in [9.17, 15) is 18.0 Å². The first-order valence-corrected chi connectivity index (χ1v) is 14.0. The number of nitrogens with zero attached hydrogens (tertiary/aromatic N) is 2. The number of carbonyl (C=O) groups excluding carboxylic acids is 2. The number of benzene rings is 2. The molecule has 7 nitrogen and oxygen atoms in total. The Bertz CT molecular complexity index is 1070. The van der Waals surface area contributed by atoms with Gasteiger partial charge in [-0.25, -0.2) is 8.42 Å². The molecule has 186 valence electrons. The molecule has 2 rings (SSSR count). The number of carbonyl (C=O) groups is 2. The van der Waals surface area contributed by atoms with Crippen LogP contribution in [0, 0.1) is 6.92 Å². The zero-order valence-corrected chi connectivity index (χ0v) is 22.7. The fourth-order valence-corrected chi connectivity index (χ4v) is 4.77. The predicted molar refractivity (Wildman–Crippen MR) is 140 cm³/mol. The number of hydrogen-bond acceptors (Lipinski definition) is 4. The van der Waals surface area contributed by atoms with E-state index < -0.39 is 16.1 Å². The van der Waals surface area contributed by atoms with Crippen LogP contribution in [0.3, 0.4) is 0 Å². The molecule has 34 heavy (non-hydrogen) atoms. The Kier molecular flexibility index (Phi) is 10.6. The molecule has 2 aromatic rings. The van der Waals surface area contributed by atoms with Gasteiger partial charge in [0.25, 0.3) is 0 Å². The van der Waals surface area contributed by atoms with Gasteiger partial charge in [0, 0.05) is 30.5 Å². The molecule has 0 aliphatic carbocycles. The van der Waals surface area contributed by atoms with Crippen molar-refractivity contribution in [3.8, 4) is 0 Å². The van der Waals surface area contributed by atoms with Gasteiger partial charge in [-0.2, -0.15) is 0 Å². The third kappa shape index (κ3) is 8.43. The minimum atomic E-state index is -3.51. The van der Waals surface area contributed by atoms with Crippen molar-refractivity contribution >= 4 is 43.5 Å². The zero-order chi connectivity index (χ0) is 25.3. The number of rotatable bonds is 12. The van der Waals surface area contributed by atoms with Crippen LogP contribution >= 0.6 is 15.9 Å². The van der Waals surface area contributed by atoms with Crippen molar-refractivity contribution in [2.24, 2.45) is 0 Å². The van der Waals surface area contributed by atoms with Crippen molar-refractivity contribution < 1.29 is 18.0 Å². The lowest BCUT2D eigenvalue weighted by atomic mass is 10.1. The van der Waals surface area contributed by atoms with E-state index in [1.807, 2.05) is 56.3 Å². The Morgan fingerprint density at radius 3 is 2.38 bits per heavy atom. The monoisotopic (exact) mass is 551 g/mol. The molecule has 0 fully saturated rings. The lowest BCUT2D eigenvalue weighted by molar-refractivity contribution is -0.140. The maximum absolute atomic E-state index is 13.2. The summed E-state index contributed by atoms with van der Waals surface area (Å²) in [6, 6.07) is 14.2. The van der Waals surface area contributed by atoms with Crippen LogP contribution < -0.4 is 9.62 Å². The molecule has 1 atom stereocenters. The summed E-state index contributed by atoms with van der Waals surface area (Å²) in [5, 5.41) is 2.86. The van der Waals surface area contributed by atoms with Crippen LogP contribution in [0.2, 0.25) is 0 Å². The number of aryl methyl sites for hydroxylation is 1. The lowest BCUT2D eigenvalue weighted by Crippen LogP contribution is -2.47. The highest BCUT2D eigenvalue weighted by Crippen LogP contribution is 2.20. The molecular formula is C25H34BrN3O4S. The number of anilines is 1. The summed E-state index contributed by atoms with van der Waals surface area (Å²) in [7, 11) is -3.51. The topological polar surface area (TPSA) is 86.8 Å². The molecule has 0 heterocycles. The largest absolute Gasteiger partial charge is 0.354 e. The molecule has 0 aromatic heterocycles. The molecule has 0 saturated carbocycles. The van der Waals surface area contributed by atoms with Gasteiger partial charge in [-0.1, -0.05) is 47.1 Å².